The third kappa shape index (κ3) is 4.83. The summed E-state index contributed by atoms with van der Waals surface area (Å²) in [5.41, 5.74) is 1.58. The van der Waals surface area contributed by atoms with Crippen molar-refractivity contribution >= 4 is 40.9 Å². The van der Waals surface area contributed by atoms with Crippen LogP contribution in [0.3, 0.4) is 0 Å². The summed E-state index contributed by atoms with van der Waals surface area (Å²) in [5, 5.41) is 13.5. The maximum atomic E-state index is 12.4. The van der Waals surface area contributed by atoms with E-state index < -0.39 is 0 Å². The van der Waals surface area contributed by atoms with Gasteiger partial charge in [-0.25, -0.2) is 0 Å². The molecule has 140 valence electrons. The van der Waals surface area contributed by atoms with Gasteiger partial charge < -0.3 is 9.88 Å². The van der Waals surface area contributed by atoms with Crippen LogP contribution in [0.5, 0.6) is 0 Å². The average Bonchev–Trinajstić information content (AvgIpc) is 3.02. The molecule has 1 amide bonds. The first-order valence-electron chi connectivity index (χ1n) is 8.27. The van der Waals surface area contributed by atoms with Crippen LogP contribution >= 0.6 is 35.0 Å². The van der Waals surface area contributed by atoms with E-state index in [9.17, 15) is 4.79 Å². The van der Waals surface area contributed by atoms with Crippen molar-refractivity contribution < 1.29 is 4.79 Å². The molecular weight excluding hydrogens is 403 g/mol. The van der Waals surface area contributed by atoms with Gasteiger partial charge in [-0.15, -0.1) is 10.2 Å². The van der Waals surface area contributed by atoms with Gasteiger partial charge in [0.2, 0.25) is 0 Å². The Labute approximate surface area is 172 Å². The topological polar surface area (TPSA) is 59.8 Å². The Morgan fingerprint density at radius 3 is 2.56 bits per heavy atom. The molecule has 0 saturated heterocycles. The molecule has 0 radical (unpaired) electrons. The number of halogens is 2. The first kappa shape index (κ1) is 19.7. The number of amides is 1. The van der Waals surface area contributed by atoms with Crippen LogP contribution in [0.25, 0.3) is 0 Å². The Balaban J connectivity index is 1.66. The van der Waals surface area contributed by atoms with Crippen molar-refractivity contribution in [2.45, 2.75) is 23.9 Å². The van der Waals surface area contributed by atoms with Crippen molar-refractivity contribution in [1.29, 1.82) is 0 Å². The zero-order valence-electron chi connectivity index (χ0n) is 14.8. The molecular formula is C19H18Cl2N4OS. The van der Waals surface area contributed by atoms with Gasteiger partial charge in [-0.05, 0) is 42.8 Å². The Morgan fingerprint density at radius 1 is 1.15 bits per heavy atom. The van der Waals surface area contributed by atoms with E-state index in [0.717, 1.165) is 15.7 Å². The van der Waals surface area contributed by atoms with E-state index in [4.69, 9.17) is 23.2 Å². The molecule has 0 aliphatic heterocycles. The Bertz CT molecular complexity index is 943. The summed E-state index contributed by atoms with van der Waals surface area (Å²) >= 11 is 13.6. The first-order valence-corrected chi connectivity index (χ1v) is 10.0. The summed E-state index contributed by atoms with van der Waals surface area (Å²) in [7, 11) is 1.88. The summed E-state index contributed by atoms with van der Waals surface area (Å²) in [6.07, 6.45) is 0. The largest absolute Gasteiger partial charge is 0.342 e. The van der Waals surface area contributed by atoms with Gasteiger partial charge in [0, 0.05) is 28.4 Å². The highest BCUT2D eigenvalue weighted by Gasteiger charge is 2.18. The zero-order valence-corrected chi connectivity index (χ0v) is 17.1. The lowest BCUT2D eigenvalue weighted by atomic mass is 10.2. The molecule has 0 aliphatic carbocycles. The standard InChI is InChI=1S/C19H18Cl2N4OS/c1-12(22-18(26)13-7-9-15(20)10-8-13)17-23-24-19(25(17)2)27-11-14-5-3-4-6-16(14)21/h3-10,12H,11H2,1-2H3,(H,22,26). The highest BCUT2D eigenvalue weighted by Crippen LogP contribution is 2.26. The minimum Gasteiger partial charge on any atom is -0.342 e. The van der Waals surface area contributed by atoms with E-state index in [0.29, 0.717) is 22.2 Å². The molecule has 5 nitrogen and oxygen atoms in total. The molecule has 3 aromatic rings. The summed E-state index contributed by atoms with van der Waals surface area (Å²) in [5.74, 6) is 1.18. The SMILES string of the molecule is CC(NC(=O)c1ccc(Cl)cc1)c1nnc(SCc2ccccc2Cl)n1C. The van der Waals surface area contributed by atoms with Crippen molar-refractivity contribution in [2.75, 3.05) is 0 Å². The van der Waals surface area contributed by atoms with Crippen molar-refractivity contribution in [3.05, 3.63) is 75.5 Å². The second-order valence-corrected chi connectivity index (χ2v) is 7.77. The van der Waals surface area contributed by atoms with Gasteiger partial charge in [0.15, 0.2) is 11.0 Å². The van der Waals surface area contributed by atoms with Crippen LogP contribution in [-0.2, 0) is 12.8 Å². The number of carbonyl (C=O) groups is 1. The number of thioether (sulfide) groups is 1. The van der Waals surface area contributed by atoms with Gasteiger partial charge in [0.05, 0.1) is 6.04 Å². The normalized spacial score (nSPS) is 12.0. The number of nitrogens with one attached hydrogen (secondary N) is 1. The van der Waals surface area contributed by atoms with Gasteiger partial charge in [0.1, 0.15) is 0 Å². The summed E-state index contributed by atoms with van der Waals surface area (Å²) in [6, 6.07) is 14.2. The van der Waals surface area contributed by atoms with Gasteiger partial charge in [-0.1, -0.05) is 53.2 Å². The lowest BCUT2D eigenvalue weighted by Gasteiger charge is -2.13. The maximum Gasteiger partial charge on any atom is 0.251 e. The van der Waals surface area contributed by atoms with E-state index in [2.05, 4.69) is 15.5 Å². The lowest BCUT2D eigenvalue weighted by Crippen LogP contribution is -2.28. The molecule has 1 heterocycles. The van der Waals surface area contributed by atoms with E-state index >= 15 is 0 Å². The van der Waals surface area contributed by atoms with Gasteiger partial charge in [-0.3, -0.25) is 4.79 Å². The van der Waals surface area contributed by atoms with Crippen molar-refractivity contribution in [2.24, 2.45) is 7.05 Å². The molecule has 1 aromatic heterocycles. The van der Waals surface area contributed by atoms with Crippen molar-refractivity contribution in [3.8, 4) is 0 Å². The average molecular weight is 421 g/mol. The monoisotopic (exact) mass is 420 g/mol. The fourth-order valence-corrected chi connectivity index (χ4v) is 3.86. The smallest absolute Gasteiger partial charge is 0.251 e. The Morgan fingerprint density at radius 2 is 1.85 bits per heavy atom. The molecule has 1 atom stereocenters. The highest BCUT2D eigenvalue weighted by atomic mass is 35.5. The molecule has 2 aromatic carbocycles. The predicted octanol–water partition coefficient (Wildman–Crippen LogP) is 4.91. The van der Waals surface area contributed by atoms with Crippen LogP contribution in [0.2, 0.25) is 10.0 Å². The summed E-state index contributed by atoms with van der Waals surface area (Å²) in [6.45, 7) is 1.88. The number of aromatic nitrogens is 3. The molecule has 0 aliphatic rings. The third-order valence-corrected chi connectivity index (χ3v) is 5.71. The lowest BCUT2D eigenvalue weighted by molar-refractivity contribution is 0.0937. The number of benzene rings is 2. The Kier molecular flexibility index (Phi) is 6.42. The van der Waals surface area contributed by atoms with Crippen molar-refractivity contribution in [3.63, 3.8) is 0 Å². The van der Waals surface area contributed by atoms with E-state index in [1.807, 2.05) is 42.8 Å². The van der Waals surface area contributed by atoms with E-state index in [-0.39, 0.29) is 11.9 Å². The van der Waals surface area contributed by atoms with E-state index in [1.165, 1.54) is 0 Å². The zero-order chi connectivity index (χ0) is 19.4. The number of carbonyl (C=O) groups excluding carboxylic acids is 1. The molecule has 1 unspecified atom stereocenters. The van der Waals surface area contributed by atoms with Gasteiger partial charge in [-0.2, -0.15) is 0 Å². The second kappa shape index (κ2) is 8.78. The number of hydrogen-bond donors (Lipinski definition) is 1. The quantitative estimate of drug-likeness (QED) is 0.575. The fourth-order valence-electron chi connectivity index (χ4n) is 2.53. The maximum absolute atomic E-state index is 12.4. The van der Waals surface area contributed by atoms with Crippen LogP contribution in [0.1, 0.15) is 34.7 Å². The van der Waals surface area contributed by atoms with Crippen molar-refractivity contribution in [1.82, 2.24) is 20.1 Å². The molecule has 3 rings (SSSR count). The van der Waals surface area contributed by atoms with Gasteiger partial charge in [0.25, 0.3) is 5.91 Å². The van der Waals surface area contributed by atoms with Crippen LogP contribution in [0, 0.1) is 0 Å². The van der Waals surface area contributed by atoms with E-state index in [1.54, 1.807) is 36.0 Å². The van der Waals surface area contributed by atoms with Crippen LogP contribution < -0.4 is 5.32 Å². The molecule has 1 N–H and O–H groups in total. The Hall–Kier alpha value is -2.02. The fraction of sp³-hybridized carbons (Fsp3) is 0.211. The summed E-state index contributed by atoms with van der Waals surface area (Å²) < 4.78 is 1.88. The van der Waals surface area contributed by atoms with Crippen LogP contribution in [0.4, 0.5) is 0 Å². The van der Waals surface area contributed by atoms with Crippen LogP contribution in [0.15, 0.2) is 53.7 Å². The molecule has 0 bridgehead atoms. The summed E-state index contributed by atoms with van der Waals surface area (Å²) in [4.78, 5) is 12.4. The van der Waals surface area contributed by atoms with Gasteiger partial charge >= 0.3 is 0 Å². The molecule has 0 spiro atoms. The predicted molar refractivity (Wildman–Crippen MR) is 109 cm³/mol. The number of rotatable bonds is 6. The minimum atomic E-state index is -0.291. The second-order valence-electron chi connectivity index (χ2n) is 5.98. The molecule has 27 heavy (non-hydrogen) atoms. The molecule has 8 heteroatoms. The third-order valence-electron chi connectivity index (χ3n) is 4.02. The molecule has 0 fully saturated rings. The minimum absolute atomic E-state index is 0.188. The highest BCUT2D eigenvalue weighted by molar-refractivity contribution is 7.98. The molecule has 0 saturated carbocycles. The number of nitrogens with zero attached hydrogens (tertiary/aromatic N) is 3. The first-order chi connectivity index (χ1) is 13.0. The van der Waals surface area contributed by atoms with Crippen LogP contribution in [-0.4, -0.2) is 20.7 Å². The number of hydrogen-bond acceptors (Lipinski definition) is 4.